The van der Waals surface area contributed by atoms with Crippen molar-refractivity contribution in [2.45, 2.75) is 19.1 Å². The SMILES string of the molecule is O=C(O)c1cccc2c1nc(C(F)(F)F)n2CCCO. The van der Waals surface area contributed by atoms with Gasteiger partial charge in [-0.15, -0.1) is 0 Å². The quantitative estimate of drug-likeness (QED) is 0.903. The van der Waals surface area contributed by atoms with Gasteiger partial charge in [0.25, 0.3) is 0 Å². The van der Waals surface area contributed by atoms with E-state index in [4.69, 9.17) is 10.2 Å². The summed E-state index contributed by atoms with van der Waals surface area (Å²) in [7, 11) is 0. The summed E-state index contributed by atoms with van der Waals surface area (Å²) in [5, 5.41) is 17.8. The van der Waals surface area contributed by atoms with Crippen LogP contribution in [0, 0.1) is 0 Å². The molecule has 0 saturated carbocycles. The third-order valence-corrected chi connectivity index (χ3v) is 2.80. The number of alkyl halides is 3. The minimum absolute atomic E-state index is 0.0886. The molecule has 1 heterocycles. The summed E-state index contributed by atoms with van der Waals surface area (Å²) >= 11 is 0. The first-order valence-electron chi connectivity index (χ1n) is 5.77. The fourth-order valence-electron chi connectivity index (χ4n) is 1.99. The predicted octanol–water partition coefficient (Wildman–Crippen LogP) is 2.14. The van der Waals surface area contributed by atoms with Gasteiger partial charge in [-0.3, -0.25) is 0 Å². The second-order valence-corrected chi connectivity index (χ2v) is 4.14. The first-order valence-corrected chi connectivity index (χ1v) is 5.77. The Morgan fingerprint density at radius 1 is 1.35 bits per heavy atom. The van der Waals surface area contributed by atoms with Crippen LogP contribution >= 0.6 is 0 Å². The van der Waals surface area contributed by atoms with Gasteiger partial charge in [0.15, 0.2) is 0 Å². The van der Waals surface area contributed by atoms with E-state index in [9.17, 15) is 18.0 Å². The number of halogens is 3. The van der Waals surface area contributed by atoms with Crippen LogP contribution in [0.3, 0.4) is 0 Å². The molecule has 0 unspecified atom stereocenters. The minimum atomic E-state index is -4.69. The van der Waals surface area contributed by atoms with E-state index in [1.165, 1.54) is 18.2 Å². The lowest BCUT2D eigenvalue weighted by atomic mass is 10.2. The van der Waals surface area contributed by atoms with Gasteiger partial charge in [0.1, 0.15) is 5.52 Å². The smallest absolute Gasteiger partial charge is 0.449 e. The largest absolute Gasteiger partial charge is 0.478 e. The molecule has 0 aliphatic heterocycles. The van der Waals surface area contributed by atoms with E-state index in [0.29, 0.717) is 0 Å². The number of para-hydroxylation sites is 1. The van der Waals surface area contributed by atoms with Gasteiger partial charge in [-0.2, -0.15) is 13.2 Å². The van der Waals surface area contributed by atoms with E-state index in [-0.39, 0.29) is 36.2 Å². The molecule has 0 spiro atoms. The van der Waals surface area contributed by atoms with E-state index in [1.54, 1.807) is 0 Å². The van der Waals surface area contributed by atoms with Crippen molar-refractivity contribution in [3.05, 3.63) is 29.6 Å². The molecule has 0 radical (unpaired) electrons. The van der Waals surface area contributed by atoms with Crippen LogP contribution in [0.2, 0.25) is 0 Å². The van der Waals surface area contributed by atoms with E-state index in [2.05, 4.69) is 4.98 Å². The number of aromatic nitrogens is 2. The Hall–Kier alpha value is -2.09. The number of fused-ring (bicyclic) bond motifs is 1. The number of hydrogen-bond donors (Lipinski definition) is 2. The number of nitrogens with zero attached hydrogens (tertiary/aromatic N) is 2. The Morgan fingerprint density at radius 2 is 2.05 bits per heavy atom. The van der Waals surface area contributed by atoms with Crippen LogP contribution in [-0.4, -0.2) is 32.3 Å². The lowest BCUT2D eigenvalue weighted by molar-refractivity contribution is -0.147. The zero-order chi connectivity index (χ0) is 14.9. The molecular weight excluding hydrogens is 277 g/mol. The van der Waals surface area contributed by atoms with Gasteiger partial charge >= 0.3 is 12.1 Å². The molecule has 0 atom stereocenters. The van der Waals surface area contributed by atoms with E-state index >= 15 is 0 Å². The summed E-state index contributed by atoms with van der Waals surface area (Å²) < 4.78 is 39.7. The first-order chi connectivity index (χ1) is 9.36. The summed E-state index contributed by atoms with van der Waals surface area (Å²) in [4.78, 5) is 14.5. The average molecular weight is 288 g/mol. The Kier molecular flexibility index (Phi) is 3.67. The molecule has 2 N–H and O–H groups in total. The first kappa shape index (κ1) is 14.3. The highest BCUT2D eigenvalue weighted by Gasteiger charge is 2.38. The van der Waals surface area contributed by atoms with Crippen molar-refractivity contribution in [3.8, 4) is 0 Å². The molecule has 8 heteroatoms. The Bertz CT molecular complexity index is 649. The van der Waals surface area contributed by atoms with Gasteiger partial charge < -0.3 is 14.8 Å². The van der Waals surface area contributed by atoms with E-state index in [0.717, 1.165) is 4.57 Å². The molecule has 20 heavy (non-hydrogen) atoms. The number of benzene rings is 1. The third-order valence-electron chi connectivity index (χ3n) is 2.80. The molecule has 0 bridgehead atoms. The van der Waals surface area contributed by atoms with Gasteiger partial charge in [-0.05, 0) is 18.6 Å². The average Bonchev–Trinajstić information content (AvgIpc) is 2.74. The molecule has 108 valence electrons. The number of aryl methyl sites for hydroxylation is 1. The number of aliphatic hydroxyl groups excluding tert-OH is 1. The maximum atomic E-state index is 13.0. The Morgan fingerprint density at radius 3 is 2.60 bits per heavy atom. The highest BCUT2D eigenvalue weighted by atomic mass is 19.4. The third kappa shape index (κ3) is 2.46. The summed E-state index contributed by atoms with van der Waals surface area (Å²) in [5.41, 5.74) is -0.397. The number of carboxylic acids is 1. The van der Waals surface area contributed by atoms with Crippen LogP contribution < -0.4 is 0 Å². The topological polar surface area (TPSA) is 75.3 Å². The van der Waals surface area contributed by atoms with Crippen molar-refractivity contribution in [2.24, 2.45) is 0 Å². The molecule has 2 rings (SSSR count). The summed E-state index contributed by atoms with van der Waals surface area (Å²) in [5.74, 6) is -2.49. The van der Waals surface area contributed by atoms with Crippen LogP contribution in [0.25, 0.3) is 11.0 Å². The molecule has 0 saturated heterocycles. The Labute approximate surface area is 111 Å². The van der Waals surface area contributed by atoms with Crippen molar-refractivity contribution in [1.29, 1.82) is 0 Å². The van der Waals surface area contributed by atoms with Gasteiger partial charge in [0.05, 0.1) is 11.1 Å². The number of aliphatic hydroxyl groups is 1. The van der Waals surface area contributed by atoms with Crippen molar-refractivity contribution in [3.63, 3.8) is 0 Å². The second-order valence-electron chi connectivity index (χ2n) is 4.14. The number of hydrogen-bond acceptors (Lipinski definition) is 3. The lowest BCUT2D eigenvalue weighted by Gasteiger charge is -2.10. The summed E-state index contributed by atoms with van der Waals surface area (Å²) in [6, 6.07) is 3.94. The normalized spacial score (nSPS) is 12.0. The lowest BCUT2D eigenvalue weighted by Crippen LogP contribution is -2.15. The van der Waals surface area contributed by atoms with Crippen LogP contribution in [0.4, 0.5) is 13.2 Å². The highest BCUT2D eigenvalue weighted by molar-refractivity contribution is 6.01. The number of carbonyl (C=O) groups is 1. The maximum absolute atomic E-state index is 13.0. The molecule has 2 aromatic rings. The molecule has 5 nitrogen and oxygen atoms in total. The van der Waals surface area contributed by atoms with Gasteiger partial charge in [0, 0.05) is 13.2 Å². The number of carboxylic acid groups (broad SMARTS) is 1. The van der Waals surface area contributed by atoms with Crippen LogP contribution in [-0.2, 0) is 12.7 Å². The molecule has 0 aliphatic rings. The number of aromatic carboxylic acids is 1. The van der Waals surface area contributed by atoms with Gasteiger partial charge in [-0.1, -0.05) is 6.07 Å². The zero-order valence-corrected chi connectivity index (χ0v) is 10.2. The second kappa shape index (κ2) is 5.12. The Balaban J connectivity index is 2.71. The summed E-state index contributed by atoms with van der Waals surface area (Å²) in [6.45, 7) is -0.361. The predicted molar refractivity (Wildman–Crippen MR) is 63.4 cm³/mol. The fourth-order valence-corrected chi connectivity index (χ4v) is 1.99. The minimum Gasteiger partial charge on any atom is -0.478 e. The molecule has 0 amide bonds. The molecule has 1 aromatic carbocycles. The van der Waals surface area contributed by atoms with Crippen LogP contribution in [0.5, 0.6) is 0 Å². The maximum Gasteiger partial charge on any atom is 0.449 e. The van der Waals surface area contributed by atoms with Crippen molar-refractivity contribution >= 4 is 17.0 Å². The van der Waals surface area contributed by atoms with E-state index in [1.807, 2.05) is 0 Å². The fraction of sp³-hybridized carbons (Fsp3) is 0.333. The molecule has 1 aromatic heterocycles. The molecular formula is C12H11F3N2O3. The number of rotatable bonds is 4. The van der Waals surface area contributed by atoms with Crippen molar-refractivity contribution < 1.29 is 28.2 Å². The van der Waals surface area contributed by atoms with Crippen molar-refractivity contribution in [1.82, 2.24) is 9.55 Å². The number of imidazole rings is 1. The zero-order valence-electron chi connectivity index (χ0n) is 10.2. The van der Waals surface area contributed by atoms with Crippen LogP contribution in [0.1, 0.15) is 22.6 Å². The van der Waals surface area contributed by atoms with E-state index < -0.39 is 18.0 Å². The standard InChI is InChI=1S/C12H11F3N2O3/c13-12(14,15)11-16-9-7(10(19)20)3-1-4-8(9)17(11)5-2-6-18/h1,3-4,18H,2,5-6H2,(H,19,20). The van der Waals surface area contributed by atoms with Crippen LogP contribution in [0.15, 0.2) is 18.2 Å². The highest BCUT2D eigenvalue weighted by Crippen LogP contribution is 2.32. The van der Waals surface area contributed by atoms with Crippen molar-refractivity contribution in [2.75, 3.05) is 6.61 Å². The van der Waals surface area contributed by atoms with Gasteiger partial charge in [-0.25, -0.2) is 9.78 Å². The summed E-state index contributed by atoms with van der Waals surface area (Å²) in [6.07, 6.45) is -4.57. The molecule has 0 aliphatic carbocycles. The van der Waals surface area contributed by atoms with Gasteiger partial charge in [0.2, 0.25) is 5.82 Å². The monoisotopic (exact) mass is 288 g/mol. The molecule has 0 fully saturated rings.